The molecular weight excluding hydrogens is 284 g/mol. The van der Waals surface area contributed by atoms with E-state index in [4.69, 9.17) is 4.74 Å². The highest BCUT2D eigenvalue weighted by Crippen LogP contribution is 2.32. The molecule has 4 rings (SSSR count). The van der Waals surface area contributed by atoms with Crippen LogP contribution >= 0.6 is 0 Å². The monoisotopic (exact) mass is 300 g/mol. The second-order valence-electron chi connectivity index (χ2n) is 5.78. The van der Waals surface area contributed by atoms with Gasteiger partial charge < -0.3 is 14.4 Å². The molecule has 1 atom stereocenters. The molecule has 0 amide bonds. The molecule has 1 unspecified atom stereocenters. The summed E-state index contributed by atoms with van der Waals surface area (Å²) in [6, 6.07) is 1.73. The lowest BCUT2D eigenvalue weighted by Gasteiger charge is -2.21. The first kappa shape index (κ1) is 13.5. The van der Waals surface area contributed by atoms with Gasteiger partial charge in [0.25, 0.3) is 5.56 Å². The Balaban J connectivity index is 1.96. The molecule has 6 nitrogen and oxygen atoms in total. The number of allylic oxidation sites excluding steroid dienone is 1. The third-order valence-corrected chi connectivity index (χ3v) is 4.69. The van der Waals surface area contributed by atoms with E-state index in [1.54, 1.807) is 10.6 Å². The second kappa shape index (κ2) is 4.64. The summed E-state index contributed by atoms with van der Waals surface area (Å²) in [6.45, 7) is 3.28. The highest BCUT2D eigenvalue weighted by atomic mass is 16.5. The predicted octanol–water partition coefficient (Wildman–Crippen LogP) is 0.851. The largest absolute Gasteiger partial charge is 0.458 e. The highest BCUT2D eigenvalue weighted by Gasteiger charge is 2.35. The number of aromatic nitrogens is 1. The molecule has 0 radical (unpaired) electrons. The fourth-order valence-electron chi connectivity index (χ4n) is 3.49. The van der Waals surface area contributed by atoms with Crippen molar-refractivity contribution in [3.05, 3.63) is 44.4 Å². The van der Waals surface area contributed by atoms with Gasteiger partial charge in [-0.1, -0.05) is 12.5 Å². The van der Waals surface area contributed by atoms with E-state index in [-0.39, 0.29) is 12.2 Å². The number of aliphatic imine (C=N–C) groups is 1. The van der Waals surface area contributed by atoms with Crippen molar-refractivity contribution in [3.63, 3.8) is 0 Å². The van der Waals surface area contributed by atoms with Crippen LogP contribution in [-0.2, 0) is 22.7 Å². The normalized spacial score (nSPS) is 22.7. The van der Waals surface area contributed by atoms with Crippen molar-refractivity contribution in [2.24, 2.45) is 4.99 Å². The van der Waals surface area contributed by atoms with Crippen LogP contribution in [0.2, 0.25) is 0 Å². The Morgan fingerprint density at radius 3 is 3.05 bits per heavy atom. The third kappa shape index (κ3) is 1.67. The molecule has 0 fully saturated rings. The molecule has 0 aromatic carbocycles. The van der Waals surface area contributed by atoms with E-state index in [0.717, 1.165) is 30.7 Å². The number of fused-ring (bicyclic) bond motifs is 4. The zero-order chi connectivity index (χ0) is 15.4. The summed E-state index contributed by atoms with van der Waals surface area (Å²) in [5.41, 5.74) is 4.54. The van der Waals surface area contributed by atoms with Crippen molar-refractivity contribution in [1.82, 2.24) is 4.57 Å². The number of rotatable bonds is 1. The average Bonchev–Trinajstić information content (AvgIpc) is 2.91. The molecule has 0 aliphatic carbocycles. The summed E-state index contributed by atoms with van der Waals surface area (Å²) >= 11 is 0. The summed E-state index contributed by atoms with van der Waals surface area (Å²) in [5.74, 6) is -0.703. The molecule has 0 saturated heterocycles. The van der Waals surface area contributed by atoms with Crippen LogP contribution in [-0.4, -0.2) is 27.9 Å². The molecule has 3 aliphatic rings. The van der Waals surface area contributed by atoms with Gasteiger partial charge in [-0.25, -0.2) is 4.79 Å². The van der Waals surface area contributed by atoms with Gasteiger partial charge in [0, 0.05) is 12.1 Å². The Kier molecular flexibility index (Phi) is 2.84. The Morgan fingerprint density at radius 2 is 2.27 bits per heavy atom. The first-order valence-corrected chi connectivity index (χ1v) is 7.49. The highest BCUT2D eigenvalue weighted by molar-refractivity contribution is 6.14. The Labute approximate surface area is 126 Å². The lowest BCUT2D eigenvalue weighted by molar-refractivity contribution is -0.157. The average molecular weight is 300 g/mol. The Hall–Kier alpha value is -2.21. The standard InChI is InChI=1S/C16H16N2O4/c1-2-8-3-4-17-13-10(8)6-18-12(13)5-9-11(15(18)20)7-22-16(21)14(9)19/h5,14,19H,2-4,6-7H2,1H3. The third-order valence-electron chi connectivity index (χ3n) is 4.69. The van der Waals surface area contributed by atoms with Crippen LogP contribution in [0.25, 0.3) is 0 Å². The second-order valence-corrected chi connectivity index (χ2v) is 5.78. The Morgan fingerprint density at radius 1 is 1.45 bits per heavy atom. The number of hydrogen-bond donors (Lipinski definition) is 1. The zero-order valence-corrected chi connectivity index (χ0v) is 12.3. The van der Waals surface area contributed by atoms with Crippen LogP contribution in [0.4, 0.5) is 0 Å². The fourth-order valence-corrected chi connectivity index (χ4v) is 3.49. The number of aliphatic hydroxyl groups excluding tert-OH is 1. The summed E-state index contributed by atoms with van der Waals surface area (Å²) in [7, 11) is 0. The number of hydrogen-bond acceptors (Lipinski definition) is 5. The molecule has 4 heterocycles. The minimum Gasteiger partial charge on any atom is -0.458 e. The zero-order valence-electron chi connectivity index (χ0n) is 12.3. The van der Waals surface area contributed by atoms with Crippen molar-refractivity contribution in [1.29, 1.82) is 0 Å². The van der Waals surface area contributed by atoms with Crippen LogP contribution in [0.3, 0.4) is 0 Å². The molecular formula is C16H16N2O4. The number of carbonyl (C=O) groups excluding carboxylic acids is 1. The molecule has 0 spiro atoms. The summed E-state index contributed by atoms with van der Waals surface area (Å²) in [6.07, 6.45) is 0.494. The maximum atomic E-state index is 12.7. The van der Waals surface area contributed by atoms with Crippen molar-refractivity contribution in [3.8, 4) is 0 Å². The van der Waals surface area contributed by atoms with Crippen LogP contribution < -0.4 is 5.56 Å². The number of esters is 1. The van der Waals surface area contributed by atoms with Gasteiger partial charge in [0.05, 0.1) is 23.5 Å². The minimum atomic E-state index is -1.38. The molecule has 1 aromatic rings. The van der Waals surface area contributed by atoms with Crippen LogP contribution in [0.1, 0.15) is 42.7 Å². The van der Waals surface area contributed by atoms with Gasteiger partial charge in [0.1, 0.15) is 6.61 Å². The van der Waals surface area contributed by atoms with Gasteiger partial charge in [-0.15, -0.1) is 0 Å². The van der Waals surface area contributed by atoms with E-state index in [1.807, 2.05) is 0 Å². The van der Waals surface area contributed by atoms with E-state index >= 15 is 0 Å². The topological polar surface area (TPSA) is 80.9 Å². The lowest BCUT2D eigenvalue weighted by atomic mass is 9.95. The number of cyclic esters (lactones) is 1. The van der Waals surface area contributed by atoms with Gasteiger partial charge in [-0.05, 0) is 24.5 Å². The number of dihydropyridines is 1. The molecule has 114 valence electrons. The minimum absolute atomic E-state index is 0.0729. The van der Waals surface area contributed by atoms with Gasteiger partial charge in [-0.3, -0.25) is 9.79 Å². The van der Waals surface area contributed by atoms with E-state index < -0.39 is 12.1 Å². The smallest absolute Gasteiger partial charge is 0.340 e. The number of aliphatic hydroxyl groups is 1. The first-order chi connectivity index (χ1) is 10.6. The fraction of sp³-hybridized carbons (Fsp3) is 0.438. The Bertz CT molecular complexity index is 816. The molecule has 1 N–H and O–H groups in total. The number of carbonyl (C=O) groups is 1. The maximum Gasteiger partial charge on any atom is 0.340 e. The SMILES string of the molecule is CCC1=C2Cn3c(cc4c(c3=O)COC(=O)C4O)C2=NCC1. The summed E-state index contributed by atoms with van der Waals surface area (Å²) in [4.78, 5) is 28.8. The van der Waals surface area contributed by atoms with E-state index in [0.29, 0.717) is 23.4 Å². The number of ether oxygens (including phenoxy) is 1. The van der Waals surface area contributed by atoms with E-state index in [2.05, 4.69) is 11.9 Å². The summed E-state index contributed by atoms with van der Waals surface area (Å²) < 4.78 is 6.55. The predicted molar refractivity (Wildman–Crippen MR) is 78.8 cm³/mol. The first-order valence-electron chi connectivity index (χ1n) is 7.49. The van der Waals surface area contributed by atoms with Gasteiger partial charge >= 0.3 is 5.97 Å². The molecule has 22 heavy (non-hydrogen) atoms. The molecule has 0 bridgehead atoms. The lowest BCUT2D eigenvalue weighted by Crippen LogP contribution is -2.33. The number of pyridine rings is 1. The van der Waals surface area contributed by atoms with Crippen LogP contribution in [0.5, 0.6) is 0 Å². The van der Waals surface area contributed by atoms with Gasteiger partial charge in [0.2, 0.25) is 0 Å². The maximum absolute atomic E-state index is 12.7. The molecule has 0 saturated carbocycles. The van der Waals surface area contributed by atoms with Crippen LogP contribution in [0.15, 0.2) is 27.0 Å². The molecule has 3 aliphatic heterocycles. The number of nitrogens with zero attached hydrogens (tertiary/aromatic N) is 2. The van der Waals surface area contributed by atoms with Crippen molar-refractivity contribution in [2.75, 3.05) is 6.54 Å². The van der Waals surface area contributed by atoms with Gasteiger partial charge in [-0.2, -0.15) is 0 Å². The summed E-state index contributed by atoms with van der Waals surface area (Å²) in [5, 5.41) is 10.0. The molecule has 1 aromatic heterocycles. The molecule has 6 heteroatoms. The van der Waals surface area contributed by atoms with E-state index in [1.165, 1.54) is 5.57 Å². The van der Waals surface area contributed by atoms with Crippen molar-refractivity contribution < 1.29 is 14.6 Å². The van der Waals surface area contributed by atoms with E-state index in [9.17, 15) is 14.7 Å². The van der Waals surface area contributed by atoms with Gasteiger partial charge in [0.15, 0.2) is 6.10 Å². The van der Waals surface area contributed by atoms with Crippen molar-refractivity contribution in [2.45, 2.75) is 39.0 Å². The van der Waals surface area contributed by atoms with Crippen molar-refractivity contribution >= 4 is 11.7 Å². The quantitative estimate of drug-likeness (QED) is 0.780. The van der Waals surface area contributed by atoms with Crippen LogP contribution in [0, 0.1) is 0 Å².